The highest BCUT2D eigenvalue weighted by Crippen LogP contribution is 2.27. The number of aromatic nitrogens is 2. The zero-order valence-electron chi connectivity index (χ0n) is 10.6. The summed E-state index contributed by atoms with van der Waals surface area (Å²) in [6.45, 7) is 0.974. The molecule has 2 aromatic rings. The van der Waals surface area contributed by atoms with Crippen LogP contribution in [0.5, 0.6) is 0 Å². The molecule has 98 valence electrons. The van der Waals surface area contributed by atoms with Gasteiger partial charge < -0.3 is 5.32 Å². The fourth-order valence-electron chi connectivity index (χ4n) is 2.17. The summed E-state index contributed by atoms with van der Waals surface area (Å²) in [6.07, 6.45) is 3.99. The molecule has 4 heteroatoms. The van der Waals surface area contributed by atoms with Gasteiger partial charge in [-0.1, -0.05) is 48.4 Å². The van der Waals surface area contributed by atoms with Gasteiger partial charge in [0.1, 0.15) is 11.0 Å². The number of nitrogens with zero attached hydrogens (tertiary/aromatic N) is 2. The first-order valence-corrected chi connectivity index (χ1v) is 7.03. The minimum atomic E-state index is 0.477. The van der Waals surface area contributed by atoms with Gasteiger partial charge in [-0.2, -0.15) is 0 Å². The molecule has 1 saturated carbocycles. The van der Waals surface area contributed by atoms with Gasteiger partial charge in [0.05, 0.1) is 0 Å². The highest BCUT2D eigenvalue weighted by Gasteiger charge is 2.17. The van der Waals surface area contributed by atoms with Gasteiger partial charge in [0.25, 0.3) is 0 Å². The van der Waals surface area contributed by atoms with E-state index in [2.05, 4.69) is 15.3 Å². The van der Waals surface area contributed by atoms with Gasteiger partial charge in [-0.25, -0.2) is 9.97 Å². The van der Waals surface area contributed by atoms with Crippen molar-refractivity contribution in [3.8, 4) is 11.4 Å². The molecule has 0 saturated heterocycles. The Morgan fingerprint density at radius 2 is 1.95 bits per heavy atom. The third-order valence-corrected chi connectivity index (χ3v) is 3.72. The molecule has 1 aromatic carbocycles. The second-order valence-electron chi connectivity index (χ2n) is 4.94. The van der Waals surface area contributed by atoms with Crippen molar-refractivity contribution in [2.45, 2.75) is 19.3 Å². The summed E-state index contributed by atoms with van der Waals surface area (Å²) >= 11 is 6.07. The number of hydrogen-bond donors (Lipinski definition) is 1. The molecule has 3 nitrogen and oxygen atoms in total. The lowest BCUT2D eigenvalue weighted by atomic mass is 9.85. The van der Waals surface area contributed by atoms with Crippen molar-refractivity contribution in [3.63, 3.8) is 0 Å². The molecular formula is C15H16ClN3. The van der Waals surface area contributed by atoms with Crippen LogP contribution in [-0.2, 0) is 0 Å². The Hall–Kier alpha value is -1.61. The van der Waals surface area contributed by atoms with Crippen LogP contribution in [0.1, 0.15) is 19.3 Å². The van der Waals surface area contributed by atoms with Crippen LogP contribution in [0, 0.1) is 5.92 Å². The first-order valence-electron chi connectivity index (χ1n) is 6.65. The van der Waals surface area contributed by atoms with Crippen LogP contribution in [-0.4, -0.2) is 16.5 Å². The maximum absolute atomic E-state index is 6.07. The molecule has 0 amide bonds. The average Bonchev–Trinajstić information content (AvgIpc) is 2.37. The lowest BCUT2D eigenvalue weighted by Crippen LogP contribution is -2.21. The minimum Gasteiger partial charge on any atom is -0.370 e. The zero-order valence-corrected chi connectivity index (χ0v) is 11.4. The van der Waals surface area contributed by atoms with Crippen LogP contribution >= 0.6 is 11.6 Å². The van der Waals surface area contributed by atoms with Gasteiger partial charge in [-0.3, -0.25) is 0 Å². The molecule has 0 aliphatic heterocycles. The monoisotopic (exact) mass is 273 g/mol. The lowest BCUT2D eigenvalue weighted by Gasteiger charge is -2.25. The van der Waals surface area contributed by atoms with E-state index in [1.54, 1.807) is 6.07 Å². The second kappa shape index (κ2) is 5.57. The first kappa shape index (κ1) is 12.4. The van der Waals surface area contributed by atoms with E-state index in [-0.39, 0.29) is 0 Å². The van der Waals surface area contributed by atoms with E-state index < -0.39 is 0 Å². The van der Waals surface area contributed by atoms with Crippen LogP contribution in [0.15, 0.2) is 36.4 Å². The van der Waals surface area contributed by atoms with Crippen molar-refractivity contribution >= 4 is 17.4 Å². The number of nitrogens with one attached hydrogen (secondary N) is 1. The summed E-state index contributed by atoms with van der Waals surface area (Å²) in [5, 5.41) is 3.84. The first-order chi connectivity index (χ1) is 9.31. The Morgan fingerprint density at radius 1 is 1.16 bits per heavy atom. The predicted molar refractivity (Wildman–Crippen MR) is 78.3 cm³/mol. The summed E-state index contributed by atoms with van der Waals surface area (Å²) in [7, 11) is 0. The molecular weight excluding hydrogens is 258 g/mol. The summed E-state index contributed by atoms with van der Waals surface area (Å²) in [6, 6.07) is 11.7. The van der Waals surface area contributed by atoms with Crippen LogP contribution in [0.3, 0.4) is 0 Å². The highest BCUT2D eigenvalue weighted by molar-refractivity contribution is 6.29. The molecule has 1 aromatic heterocycles. The molecule has 0 bridgehead atoms. The predicted octanol–water partition coefficient (Wildman–Crippen LogP) is 4.01. The molecule has 3 rings (SSSR count). The minimum absolute atomic E-state index is 0.477. The molecule has 0 radical (unpaired) electrons. The van der Waals surface area contributed by atoms with Crippen molar-refractivity contribution in [2.75, 3.05) is 11.9 Å². The Labute approximate surface area is 118 Å². The number of anilines is 1. The normalized spacial score (nSPS) is 15.0. The van der Waals surface area contributed by atoms with Crippen LogP contribution in [0.2, 0.25) is 5.15 Å². The Bertz CT molecular complexity index is 553. The Kier molecular flexibility index (Phi) is 3.65. The van der Waals surface area contributed by atoms with Crippen LogP contribution in [0.25, 0.3) is 11.4 Å². The van der Waals surface area contributed by atoms with Crippen molar-refractivity contribution < 1.29 is 0 Å². The molecule has 0 atom stereocenters. The number of halogens is 1. The van der Waals surface area contributed by atoms with E-state index in [4.69, 9.17) is 11.6 Å². The maximum atomic E-state index is 6.07. The zero-order chi connectivity index (χ0) is 13.1. The van der Waals surface area contributed by atoms with Crippen LogP contribution < -0.4 is 5.32 Å². The topological polar surface area (TPSA) is 37.8 Å². The van der Waals surface area contributed by atoms with Gasteiger partial charge >= 0.3 is 0 Å². The average molecular weight is 274 g/mol. The molecule has 1 aliphatic rings. The fourth-order valence-corrected chi connectivity index (χ4v) is 2.35. The molecule has 1 aliphatic carbocycles. The van der Waals surface area contributed by atoms with Crippen molar-refractivity contribution in [1.82, 2.24) is 9.97 Å². The van der Waals surface area contributed by atoms with E-state index in [0.717, 1.165) is 23.8 Å². The lowest BCUT2D eigenvalue weighted by molar-refractivity contribution is 0.333. The highest BCUT2D eigenvalue weighted by atomic mass is 35.5. The molecule has 0 unspecified atom stereocenters. The van der Waals surface area contributed by atoms with Crippen molar-refractivity contribution in [2.24, 2.45) is 5.92 Å². The van der Waals surface area contributed by atoms with Gasteiger partial charge in [0.2, 0.25) is 0 Å². The summed E-state index contributed by atoms with van der Waals surface area (Å²) in [4.78, 5) is 8.81. The van der Waals surface area contributed by atoms with E-state index >= 15 is 0 Å². The number of benzene rings is 1. The quantitative estimate of drug-likeness (QED) is 0.856. The summed E-state index contributed by atoms with van der Waals surface area (Å²) < 4.78 is 0. The van der Waals surface area contributed by atoms with Gasteiger partial charge in [-0.15, -0.1) is 0 Å². The number of rotatable bonds is 4. The van der Waals surface area contributed by atoms with Gasteiger partial charge in [0.15, 0.2) is 5.82 Å². The van der Waals surface area contributed by atoms with Crippen molar-refractivity contribution in [3.05, 3.63) is 41.6 Å². The maximum Gasteiger partial charge on any atom is 0.163 e. The summed E-state index contributed by atoms with van der Waals surface area (Å²) in [5.74, 6) is 2.27. The van der Waals surface area contributed by atoms with Gasteiger partial charge in [-0.05, 0) is 18.8 Å². The molecule has 0 spiro atoms. The third kappa shape index (κ3) is 3.04. The van der Waals surface area contributed by atoms with E-state index in [1.807, 2.05) is 30.3 Å². The SMILES string of the molecule is Clc1cc(NCC2CCC2)nc(-c2ccccc2)n1. The largest absolute Gasteiger partial charge is 0.370 e. The molecule has 19 heavy (non-hydrogen) atoms. The smallest absolute Gasteiger partial charge is 0.163 e. The fraction of sp³-hybridized carbons (Fsp3) is 0.333. The molecule has 1 N–H and O–H groups in total. The standard InChI is InChI=1S/C15H16ClN3/c16-13-9-14(17-10-11-5-4-6-11)19-15(18-13)12-7-2-1-3-8-12/h1-3,7-9,11H,4-6,10H2,(H,17,18,19). The van der Waals surface area contributed by atoms with Crippen molar-refractivity contribution in [1.29, 1.82) is 0 Å². The van der Waals surface area contributed by atoms with Gasteiger partial charge in [0, 0.05) is 18.2 Å². The van der Waals surface area contributed by atoms with E-state index in [0.29, 0.717) is 11.0 Å². The van der Waals surface area contributed by atoms with Crippen LogP contribution in [0.4, 0.5) is 5.82 Å². The Morgan fingerprint density at radius 3 is 2.63 bits per heavy atom. The van der Waals surface area contributed by atoms with E-state index in [9.17, 15) is 0 Å². The summed E-state index contributed by atoms with van der Waals surface area (Å²) in [5.41, 5.74) is 0.983. The molecule has 1 heterocycles. The Balaban J connectivity index is 1.79. The number of hydrogen-bond acceptors (Lipinski definition) is 3. The molecule has 1 fully saturated rings. The van der Waals surface area contributed by atoms with E-state index in [1.165, 1.54) is 19.3 Å². The second-order valence-corrected chi connectivity index (χ2v) is 5.33. The third-order valence-electron chi connectivity index (χ3n) is 3.52.